The highest BCUT2D eigenvalue weighted by Crippen LogP contribution is 2.17. The highest BCUT2D eigenvalue weighted by molar-refractivity contribution is 7.12. The molecule has 31 heavy (non-hydrogen) atoms. The summed E-state index contributed by atoms with van der Waals surface area (Å²) < 4.78 is 0. The monoisotopic (exact) mass is 440 g/mol. The summed E-state index contributed by atoms with van der Waals surface area (Å²) in [7, 11) is 0. The molecule has 2 aliphatic heterocycles. The zero-order valence-electron chi connectivity index (χ0n) is 16.6. The van der Waals surface area contributed by atoms with Crippen LogP contribution in [0.3, 0.4) is 0 Å². The van der Waals surface area contributed by atoms with E-state index < -0.39 is 30.3 Å². The van der Waals surface area contributed by atoms with Crippen LogP contribution in [0.1, 0.15) is 15.2 Å². The molecule has 0 N–H and O–H groups in total. The third-order valence-corrected chi connectivity index (χ3v) is 6.12. The van der Waals surface area contributed by atoms with Gasteiger partial charge in [0.05, 0.1) is 11.4 Å². The molecule has 1 aromatic heterocycles. The Morgan fingerprint density at radius 2 is 1.45 bits per heavy atom. The van der Waals surface area contributed by atoms with Crippen LogP contribution in [0.25, 0.3) is 0 Å². The number of rotatable bonds is 5. The lowest BCUT2D eigenvalue weighted by Crippen LogP contribution is -2.53. The minimum atomic E-state index is -0.999. The largest absolute Gasteiger partial charge is 0.338 e. The van der Waals surface area contributed by atoms with E-state index in [0.717, 1.165) is 4.90 Å². The number of benzene rings is 1. The number of piperazine rings is 1. The van der Waals surface area contributed by atoms with Crippen LogP contribution in [0.4, 0.5) is 4.79 Å². The lowest BCUT2D eigenvalue weighted by molar-refractivity contribution is -0.145. The second-order valence-electron chi connectivity index (χ2n) is 7.20. The molecule has 0 aliphatic carbocycles. The fraction of sp³-hybridized carbons (Fsp3) is 0.286. The van der Waals surface area contributed by atoms with Crippen molar-refractivity contribution in [3.8, 4) is 0 Å². The van der Waals surface area contributed by atoms with Crippen LogP contribution < -0.4 is 0 Å². The Morgan fingerprint density at radius 3 is 2.10 bits per heavy atom. The number of carbonyl (C=O) groups excluding carboxylic acids is 5. The van der Waals surface area contributed by atoms with Gasteiger partial charge in [0, 0.05) is 26.2 Å². The zero-order valence-corrected chi connectivity index (χ0v) is 17.4. The first-order valence-corrected chi connectivity index (χ1v) is 10.7. The maximum atomic E-state index is 12.7. The molecule has 0 radical (unpaired) electrons. The molecule has 0 saturated carbocycles. The van der Waals surface area contributed by atoms with Gasteiger partial charge in [-0.25, -0.2) is 9.69 Å². The van der Waals surface area contributed by atoms with Gasteiger partial charge in [0.2, 0.25) is 5.91 Å². The third kappa shape index (κ3) is 4.19. The van der Waals surface area contributed by atoms with Gasteiger partial charge in [-0.3, -0.25) is 24.1 Å². The molecule has 0 atom stereocenters. The van der Waals surface area contributed by atoms with Gasteiger partial charge in [0.1, 0.15) is 6.54 Å². The molecule has 0 bridgehead atoms. The SMILES string of the molecule is O=C(CN1C(=O)C(=O)N(Cc2ccccc2)C1=O)N1CCN(C(=O)c2cccs2)CC1. The molecule has 1 aromatic carbocycles. The quantitative estimate of drug-likeness (QED) is 0.511. The summed E-state index contributed by atoms with van der Waals surface area (Å²) in [5, 5.41) is 1.83. The molecule has 10 heteroatoms. The minimum Gasteiger partial charge on any atom is -0.338 e. The van der Waals surface area contributed by atoms with Gasteiger partial charge < -0.3 is 9.80 Å². The molecule has 0 unspecified atom stereocenters. The van der Waals surface area contributed by atoms with Gasteiger partial charge in [-0.2, -0.15) is 0 Å². The Bertz CT molecular complexity index is 1020. The Balaban J connectivity index is 1.34. The summed E-state index contributed by atoms with van der Waals surface area (Å²) in [5.74, 6) is -2.44. The van der Waals surface area contributed by atoms with Crippen molar-refractivity contribution in [1.29, 1.82) is 0 Å². The van der Waals surface area contributed by atoms with Gasteiger partial charge in [0.15, 0.2) is 0 Å². The van der Waals surface area contributed by atoms with E-state index >= 15 is 0 Å². The van der Waals surface area contributed by atoms with Crippen LogP contribution in [0.15, 0.2) is 47.8 Å². The standard InChI is InChI=1S/C21H20N4O5S/c26-17(22-8-10-23(11-9-22)18(27)16-7-4-12-31-16)14-25-20(29)19(28)24(21(25)30)13-15-5-2-1-3-6-15/h1-7,12H,8-11,13-14H2. The van der Waals surface area contributed by atoms with E-state index in [1.807, 2.05) is 11.4 Å². The summed E-state index contributed by atoms with van der Waals surface area (Å²) in [4.78, 5) is 67.6. The number of thiophene rings is 1. The maximum Gasteiger partial charge on any atom is 0.335 e. The van der Waals surface area contributed by atoms with E-state index in [1.54, 1.807) is 41.3 Å². The molecule has 0 spiro atoms. The summed E-state index contributed by atoms with van der Waals surface area (Å²) in [6, 6.07) is 11.6. The Labute approximate surface area is 182 Å². The van der Waals surface area contributed by atoms with Crippen molar-refractivity contribution in [2.75, 3.05) is 32.7 Å². The Kier molecular flexibility index (Phi) is 5.81. The van der Waals surface area contributed by atoms with Crippen LogP contribution >= 0.6 is 11.3 Å². The van der Waals surface area contributed by atoms with E-state index in [2.05, 4.69) is 0 Å². The lowest BCUT2D eigenvalue weighted by Gasteiger charge is -2.35. The first kappa shape index (κ1) is 20.7. The number of nitrogens with zero attached hydrogens (tertiary/aromatic N) is 4. The van der Waals surface area contributed by atoms with Crippen LogP contribution in [0.2, 0.25) is 0 Å². The summed E-state index contributed by atoms with van der Waals surface area (Å²) in [6.07, 6.45) is 0. The fourth-order valence-electron chi connectivity index (χ4n) is 3.55. The van der Waals surface area contributed by atoms with Crippen molar-refractivity contribution in [2.45, 2.75) is 6.54 Å². The molecule has 2 saturated heterocycles. The zero-order chi connectivity index (χ0) is 22.0. The molecule has 4 rings (SSSR count). The van der Waals surface area contributed by atoms with Crippen LogP contribution in [0, 0.1) is 0 Å². The molecule has 2 aromatic rings. The molecular formula is C21H20N4O5S. The first-order valence-electron chi connectivity index (χ1n) is 9.77. The number of hydrogen-bond donors (Lipinski definition) is 0. The number of hydrogen-bond acceptors (Lipinski definition) is 6. The smallest absolute Gasteiger partial charge is 0.335 e. The number of amides is 6. The maximum absolute atomic E-state index is 12.7. The topological polar surface area (TPSA) is 98.3 Å². The Hall–Kier alpha value is -3.53. The van der Waals surface area contributed by atoms with Gasteiger partial charge in [-0.05, 0) is 17.0 Å². The van der Waals surface area contributed by atoms with E-state index in [-0.39, 0.29) is 12.5 Å². The average Bonchev–Trinajstić information content (AvgIpc) is 3.40. The highest BCUT2D eigenvalue weighted by atomic mass is 32.1. The van der Waals surface area contributed by atoms with Crippen molar-refractivity contribution < 1.29 is 24.0 Å². The van der Waals surface area contributed by atoms with Crippen molar-refractivity contribution in [3.05, 3.63) is 58.3 Å². The van der Waals surface area contributed by atoms with E-state index in [9.17, 15) is 24.0 Å². The van der Waals surface area contributed by atoms with E-state index in [0.29, 0.717) is 41.5 Å². The predicted octanol–water partition coefficient (Wildman–Crippen LogP) is 1.02. The van der Waals surface area contributed by atoms with E-state index in [4.69, 9.17) is 0 Å². The van der Waals surface area contributed by atoms with E-state index in [1.165, 1.54) is 16.2 Å². The average molecular weight is 440 g/mol. The molecule has 9 nitrogen and oxygen atoms in total. The number of urea groups is 1. The molecule has 2 fully saturated rings. The first-order chi connectivity index (χ1) is 15.0. The lowest BCUT2D eigenvalue weighted by atomic mass is 10.2. The summed E-state index contributed by atoms with van der Waals surface area (Å²) in [6.45, 7) is 0.806. The second kappa shape index (κ2) is 8.68. The fourth-order valence-corrected chi connectivity index (χ4v) is 4.24. The molecule has 2 aliphatic rings. The van der Waals surface area contributed by atoms with Gasteiger partial charge in [-0.15, -0.1) is 11.3 Å². The third-order valence-electron chi connectivity index (χ3n) is 5.26. The van der Waals surface area contributed by atoms with Crippen LogP contribution in [0.5, 0.6) is 0 Å². The van der Waals surface area contributed by atoms with Crippen LogP contribution in [-0.2, 0) is 20.9 Å². The Morgan fingerprint density at radius 1 is 0.806 bits per heavy atom. The van der Waals surface area contributed by atoms with Crippen LogP contribution in [-0.4, -0.2) is 82.0 Å². The van der Waals surface area contributed by atoms with Gasteiger partial charge >= 0.3 is 17.8 Å². The van der Waals surface area contributed by atoms with Crippen molar-refractivity contribution in [1.82, 2.24) is 19.6 Å². The predicted molar refractivity (Wildman–Crippen MR) is 111 cm³/mol. The molecule has 3 heterocycles. The summed E-state index contributed by atoms with van der Waals surface area (Å²) in [5.41, 5.74) is 0.705. The normalized spacial score (nSPS) is 17.0. The van der Waals surface area contributed by atoms with Crippen molar-refractivity contribution in [2.24, 2.45) is 0 Å². The highest BCUT2D eigenvalue weighted by Gasteiger charge is 2.45. The number of carbonyl (C=O) groups is 5. The molecule has 6 amide bonds. The number of imide groups is 2. The molecular weight excluding hydrogens is 420 g/mol. The van der Waals surface area contributed by atoms with Crippen molar-refractivity contribution in [3.63, 3.8) is 0 Å². The van der Waals surface area contributed by atoms with Crippen molar-refractivity contribution >= 4 is 41.0 Å². The summed E-state index contributed by atoms with van der Waals surface area (Å²) >= 11 is 1.36. The van der Waals surface area contributed by atoms with Gasteiger partial charge in [-0.1, -0.05) is 36.4 Å². The minimum absolute atomic E-state index is 0.0293. The van der Waals surface area contributed by atoms with Gasteiger partial charge in [0.25, 0.3) is 5.91 Å². The molecule has 160 valence electrons. The second-order valence-corrected chi connectivity index (χ2v) is 8.15.